The lowest BCUT2D eigenvalue weighted by Gasteiger charge is -2.16. The van der Waals surface area contributed by atoms with Crippen LogP contribution in [0.1, 0.15) is 31.8 Å². The van der Waals surface area contributed by atoms with Gasteiger partial charge in [0.25, 0.3) is 0 Å². The van der Waals surface area contributed by atoms with Crippen LogP contribution in [0, 0.1) is 0 Å². The van der Waals surface area contributed by atoms with Crippen molar-refractivity contribution in [3.05, 3.63) is 94.5 Å². The molecule has 22 heavy (non-hydrogen) atoms. The lowest BCUT2D eigenvalue weighted by atomic mass is 9.84. The van der Waals surface area contributed by atoms with Gasteiger partial charge < -0.3 is 4.72 Å². The van der Waals surface area contributed by atoms with Crippen molar-refractivity contribution in [2.75, 3.05) is 0 Å². The zero-order valence-corrected chi connectivity index (χ0v) is 12.5. The predicted octanol–water partition coefficient (Wildman–Crippen LogP) is 3.73. The Morgan fingerprint density at radius 1 is 0.682 bits per heavy atom. The molecule has 4 heteroatoms. The summed E-state index contributed by atoms with van der Waals surface area (Å²) in [5.41, 5.74) is 2.02. The lowest BCUT2D eigenvalue weighted by Crippen LogP contribution is -2.20. The van der Waals surface area contributed by atoms with Crippen molar-refractivity contribution in [1.29, 1.82) is 0 Å². The number of benzene rings is 2. The largest absolute Gasteiger partial charge is 0.333 e. The van der Waals surface area contributed by atoms with Crippen LogP contribution >= 0.6 is 11.9 Å². The summed E-state index contributed by atoms with van der Waals surface area (Å²) in [7, 11) is 0. The fraction of sp³-hybridized carbons (Fsp3) is 0. The van der Waals surface area contributed by atoms with Crippen LogP contribution < -0.4 is 4.72 Å². The molecule has 0 fully saturated rings. The van der Waals surface area contributed by atoms with E-state index < -0.39 is 0 Å². The molecule has 2 aromatic carbocycles. The maximum absolute atomic E-state index is 12.1. The molecule has 1 aliphatic carbocycles. The molecule has 4 rings (SSSR count). The van der Waals surface area contributed by atoms with Crippen LogP contribution in [0.25, 0.3) is 0 Å². The van der Waals surface area contributed by atoms with Gasteiger partial charge in [-0.05, 0) is 23.4 Å². The van der Waals surface area contributed by atoms with Gasteiger partial charge in [0.2, 0.25) is 0 Å². The first-order valence-electron chi connectivity index (χ1n) is 6.79. The molecule has 108 valence electrons. The first kappa shape index (κ1) is 14.4. The van der Waals surface area contributed by atoms with Gasteiger partial charge in [-0.3, -0.25) is 9.59 Å². The third-order valence-corrected chi connectivity index (χ3v) is 3.89. The summed E-state index contributed by atoms with van der Waals surface area (Å²) in [6.07, 6.45) is 5.84. The topological polar surface area (TPSA) is 46.2 Å². The number of ketones is 2. The van der Waals surface area contributed by atoms with Crippen molar-refractivity contribution in [2.45, 2.75) is 0 Å². The van der Waals surface area contributed by atoms with Crippen molar-refractivity contribution in [1.82, 2.24) is 4.72 Å². The molecule has 0 aromatic heterocycles. The van der Waals surface area contributed by atoms with Gasteiger partial charge in [-0.15, -0.1) is 0 Å². The van der Waals surface area contributed by atoms with Gasteiger partial charge in [-0.1, -0.05) is 54.6 Å². The molecular weight excluding hydrogens is 294 g/mol. The number of rotatable bonds is 0. The summed E-state index contributed by atoms with van der Waals surface area (Å²) in [5.74, 6) is -0.128. The van der Waals surface area contributed by atoms with Crippen LogP contribution in [0.3, 0.4) is 0 Å². The van der Waals surface area contributed by atoms with E-state index in [2.05, 4.69) is 4.72 Å². The standard InChI is InChI=1S/C14H8O2.C4H5NS/c15-13-9-5-1-2-6-10(9)14(16)12-8-4-3-7-11(12)13;1-2-4-6-5-3-1/h1-8H;1-5H. The molecule has 0 radical (unpaired) electrons. The molecule has 0 unspecified atom stereocenters. The number of hydrogen-bond donors (Lipinski definition) is 1. The van der Waals surface area contributed by atoms with Gasteiger partial charge >= 0.3 is 0 Å². The number of nitrogens with one attached hydrogen (secondary N) is 1. The fourth-order valence-corrected chi connectivity index (χ4v) is 2.71. The van der Waals surface area contributed by atoms with Crippen molar-refractivity contribution in [3.8, 4) is 0 Å². The second-order valence-electron chi connectivity index (χ2n) is 4.67. The molecule has 2 aliphatic rings. The molecule has 2 aromatic rings. The quantitative estimate of drug-likeness (QED) is 0.643. The smallest absolute Gasteiger partial charge is 0.194 e. The van der Waals surface area contributed by atoms with Gasteiger partial charge in [-0.25, -0.2) is 0 Å². The molecule has 1 N–H and O–H groups in total. The number of allylic oxidation sites excluding steroid dienone is 2. The fourth-order valence-electron chi connectivity index (χ4n) is 2.31. The number of carbonyl (C=O) groups is 2. The minimum atomic E-state index is -0.0641. The van der Waals surface area contributed by atoms with Crippen molar-refractivity contribution in [3.63, 3.8) is 0 Å². The van der Waals surface area contributed by atoms with E-state index in [0.717, 1.165) is 0 Å². The molecule has 0 saturated carbocycles. The van der Waals surface area contributed by atoms with E-state index in [-0.39, 0.29) is 11.6 Å². The van der Waals surface area contributed by atoms with Crippen LogP contribution in [0.15, 0.2) is 72.3 Å². The van der Waals surface area contributed by atoms with E-state index in [0.29, 0.717) is 22.3 Å². The second-order valence-corrected chi connectivity index (χ2v) is 5.42. The molecular formula is C18H13NO2S. The van der Waals surface area contributed by atoms with E-state index in [4.69, 9.17) is 0 Å². The van der Waals surface area contributed by atoms with Crippen molar-refractivity contribution >= 4 is 23.5 Å². The molecule has 3 nitrogen and oxygen atoms in total. The highest BCUT2D eigenvalue weighted by atomic mass is 32.2. The number of hydrogen-bond acceptors (Lipinski definition) is 4. The highest BCUT2D eigenvalue weighted by Crippen LogP contribution is 2.26. The maximum Gasteiger partial charge on any atom is 0.194 e. The number of carbonyl (C=O) groups excluding carboxylic acids is 2. The maximum atomic E-state index is 12.1. The minimum Gasteiger partial charge on any atom is -0.333 e. The van der Waals surface area contributed by atoms with Crippen molar-refractivity contribution in [2.24, 2.45) is 0 Å². The normalized spacial score (nSPS) is 14.4. The van der Waals surface area contributed by atoms with Gasteiger partial charge in [0.05, 0.1) is 0 Å². The molecule has 0 spiro atoms. The first-order chi connectivity index (χ1) is 10.8. The highest BCUT2D eigenvalue weighted by molar-refractivity contribution is 8.00. The van der Waals surface area contributed by atoms with Gasteiger partial charge in [0.1, 0.15) is 0 Å². The molecule has 1 aliphatic heterocycles. The summed E-state index contributed by atoms with van der Waals surface area (Å²) < 4.78 is 2.93. The molecule has 1 heterocycles. The average molecular weight is 307 g/mol. The Kier molecular flexibility index (Phi) is 4.21. The van der Waals surface area contributed by atoms with E-state index >= 15 is 0 Å². The summed E-state index contributed by atoms with van der Waals surface area (Å²) in [4.78, 5) is 24.2. The molecule has 0 amide bonds. The summed E-state index contributed by atoms with van der Waals surface area (Å²) in [6, 6.07) is 13.9. The highest BCUT2D eigenvalue weighted by Gasteiger charge is 2.28. The van der Waals surface area contributed by atoms with Gasteiger partial charge in [0, 0.05) is 28.5 Å². The van der Waals surface area contributed by atoms with E-state index in [1.807, 2.05) is 23.8 Å². The van der Waals surface area contributed by atoms with E-state index in [9.17, 15) is 9.59 Å². The minimum absolute atomic E-state index is 0.0641. The van der Waals surface area contributed by atoms with Crippen LogP contribution in [0.5, 0.6) is 0 Å². The Balaban J connectivity index is 0.000000202. The Labute approximate surface area is 132 Å². The zero-order valence-electron chi connectivity index (χ0n) is 11.7. The SMILES string of the molecule is C1=CNSC=C1.O=C1c2ccccc2C(=O)c2ccccc21. The predicted molar refractivity (Wildman–Crippen MR) is 88.8 cm³/mol. The molecule has 0 bridgehead atoms. The van der Waals surface area contributed by atoms with Crippen LogP contribution in [-0.2, 0) is 0 Å². The Morgan fingerprint density at radius 3 is 1.36 bits per heavy atom. The summed E-state index contributed by atoms with van der Waals surface area (Å²) in [5, 5.41) is 1.99. The van der Waals surface area contributed by atoms with Crippen LogP contribution in [-0.4, -0.2) is 11.6 Å². The molecule has 0 saturated heterocycles. The zero-order chi connectivity index (χ0) is 15.4. The number of fused-ring (bicyclic) bond motifs is 2. The van der Waals surface area contributed by atoms with E-state index in [1.54, 1.807) is 60.5 Å². The third-order valence-electron chi connectivity index (χ3n) is 3.32. The van der Waals surface area contributed by atoms with Gasteiger partial charge in [0.15, 0.2) is 11.6 Å². The average Bonchev–Trinajstić information content (AvgIpc) is 2.62. The summed E-state index contributed by atoms with van der Waals surface area (Å²) in [6.45, 7) is 0. The van der Waals surface area contributed by atoms with Crippen LogP contribution in [0.2, 0.25) is 0 Å². The van der Waals surface area contributed by atoms with E-state index in [1.165, 1.54) is 0 Å². The van der Waals surface area contributed by atoms with Gasteiger partial charge in [-0.2, -0.15) is 0 Å². The Bertz CT molecular complexity index is 676. The molecule has 0 atom stereocenters. The van der Waals surface area contributed by atoms with Crippen LogP contribution in [0.4, 0.5) is 0 Å². The first-order valence-corrected chi connectivity index (χ1v) is 7.67. The lowest BCUT2D eigenvalue weighted by molar-refractivity contribution is 0.0979. The Hall–Kier alpha value is -2.59. The summed E-state index contributed by atoms with van der Waals surface area (Å²) >= 11 is 1.58. The van der Waals surface area contributed by atoms with Crippen molar-refractivity contribution < 1.29 is 9.59 Å². The monoisotopic (exact) mass is 307 g/mol. The Morgan fingerprint density at radius 2 is 1.14 bits per heavy atom. The second kappa shape index (κ2) is 6.45. The third kappa shape index (κ3) is 2.73.